The average molecular weight is 430 g/mol. The third kappa shape index (κ3) is 6.38. The quantitative estimate of drug-likeness (QED) is 0.614. The summed E-state index contributed by atoms with van der Waals surface area (Å²) in [6, 6.07) is -5.01. The molecule has 30 heavy (non-hydrogen) atoms. The van der Waals surface area contributed by atoms with Gasteiger partial charge in [0.15, 0.2) is 0 Å². The highest BCUT2D eigenvalue weighted by Crippen LogP contribution is 2.34. The molecule has 0 spiro atoms. The Morgan fingerprint density at radius 2 is 1.77 bits per heavy atom. The van der Waals surface area contributed by atoms with E-state index in [1.807, 2.05) is 0 Å². The zero-order chi connectivity index (χ0) is 22.5. The van der Waals surface area contributed by atoms with E-state index in [9.17, 15) is 27.9 Å². The van der Waals surface area contributed by atoms with Crippen molar-refractivity contribution in [3.63, 3.8) is 0 Å². The van der Waals surface area contributed by atoms with Gasteiger partial charge in [-0.25, -0.2) is 4.98 Å². The predicted molar refractivity (Wildman–Crippen MR) is 104 cm³/mol. The van der Waals surface area contributed by atoms with Crippen molar-refractivity contribution in [3.05, 3.63) is 24.3 Å². The highest BCUT2D eigenvalue weighted by atomic mass is 19.4. The molecule has 1 aromatic heterocycles. The van der Waals surface area contributed by atoms with Crippen molar-refractivity contribution in [1.82, 2.24) is 20.6 Å². The molecular weight excluding hydrogens is 401 g/mol. The smallest absolute Gasteiger partial charge is 0.405 e. The maximum atomic E-state index is 14.2. The van der Waals surface area contributed by atoms with Gasteiger partial charge in [0.2, 0.25) is 0 Å². The monoisotopic (exact) mass is 430 g/mol. The lowest BCUT2D eigenvalue weighted by Gasteiger charge is -2.40. The van der Waals surface area contributed by atoms with Crippen LogP contribution >= 0.6 is 0 Å². The molecule has 0 aliphatic heterocycles. The van der Waals surface area contributed by atoms with Crippen molar-refractivity contribution in [1.29, 1.82) is 0 Å². The summed E-state index contributed by atoms with van der Waals surface area (Å²) in [6.45, 7) is 4.67. The Morgan fingerprint density at radius 1 is 1.13 bits per heavy atom. The van der Waals surface area contributed by atoms with E-state index in [0.717, 1.165) is 19.3 Å². The van der Waals surface area contributed by atoms with E-state index in [1.54, 1.807) is 20.8 Å². The summed E-state index contributed by atoms with van der Waals surface area (Å²) in [4.78, 5) is 32.0. The fourth-order valence-electron chi connectivity index (χ4n) is 3.88. The molecule has 0 radical (unpaired) electrons. The number of amides is 1. The lowest BCUT2D eigenvalue weighted by atomic mass is 9.79. The molecule has 1 saturated carbocycles. The molecule has 168 valence electrons. The van der Waals surface area contributed by atoms with Crippen LogP contribution in [0.2, 0.25) is 0 Å². The van der Waals surface area contributed by atoms with Crippen LogP contribution in [0.4, 0.5) is 13.2 Å². The second kappa shape index (κ2) is 9.72. The zero-order valence-electron chi connectivity index (χ0n) is 17.4. The average Bonchev–Trinajstić information content (AvgIpc) is 2.66. The Kier molecular flexibility index (Phi) is 7.79. The minimum atomic E-state index is -4.77. The summed E-state index contributed by atoms with van der Waals surface area (Å²) in [7, 11) is 0. The predicted octanol–water partition coefficient (Wildman–Crippen LogP) is 3.18. The number of nitrogens with zero attached hydrogens (tertiary/aromatic N) is 2. The SMILES string of the molecule is CC(C)(C)C(NC(C(NC(=O)c1cnccn1)C1CCCCC1)C(F)(F)F)C(=O)O. The van der Waals surface area contributed by atoms with Gasteiger partial charge in [-0.2, -0.15) is 13.2 Å². The summed E-state index contributed by atoms with van der Waals surface area (Å²) in [6.07, 6.45) is 2.53. The van der Waals surface area contributed by atoms with Crippen LogP contribution in [0.1, 0.15) is 63.4 Å². The maximum Gasteiger partial charge on any atom is 0.405 e. The van der Waals surface area contributed by atoms with Crippen LogP contribution in [0.15, 0.2) is 18.6 Å². The van der Waals surface area contributed by atoms with Gasteiger partial charge in [0.1, 0.15) is 17.8 Å². The third-order valence-electron chi connectivity index (χ3n) is 5.42. The topological polar surface area (TPSA) is 104 Å². The van der Waals surface area contributed by atoms with Crippen molar-refractivity contribution >= 4 is 11.9 Å². The molecule has 1 fully saturated rings. The van der Waals surface area contributed by atoms with Crippen LogP contribution in [0.3, 0.4) is 0 Å². The molecule has 0 bridgehead atoms. The van der Waals surface area contributed by atoms with Gasteiger partial charge in [-0.15, -0.1) is 0 Å². The molecule has 2 rings (SSSR count). The number of hydrogen-bond acceptors (Lipinski definition) is 5. The largest absolute Gasteiger partial charge is 0.480 e. The number of hydrogen-bond donors (Lipinski definition) is 3. The first-order valence-corrected chi connectivity index (χ1v) is 10.0. The number of carboxylic acid groups (broad SMARTS) is 1. The van der Waals surface area contributed by atoms with E-state index >= 15 is 0 Å². The van der Waals surface area contributed by atoms with Gasteiger partial charge in [0, 0.05) is 12.4 Å². The van der Waals surface area contributed by atoms with Gasteiger partial charge in [-0.1, -0.05) is 40.0 Å². The van der Waals surface area contributed by atoms with Gasteiger partial charge < -0.3 is 10.4 Å². The number of aromatic nitrogens is 2. The van der Waals surface area contributed by atoms with E-state index in [4.69, 9.17) is 0 Å². The van der Waals surface area contributed by atoms with Crippen molar-refractivity contribution in [2.45, 2.75) is 77.2 Å². The number of alkyl halides is 3. The van der Waals surface area contributed by atoms with Crippen LogP contribution < -0.4 is 10.6 Å². The summed E-state index contributed by atoms with van der Waals surface area (Å²) in [5.41, 5.74) is -1.06. The number of carbonyl (C=O) groups excluding carboxylic acids is 1. The summed E-state index contributed by atoms with van der Waals surface area (Å²) in [5, 5.41) is 14.3. The number of rotatable bonds is 7. The molecule has 1 heterocycles. The van der Waals surface area contributed by atoms with Crippen molar-refractivity contribution in [3.8, 4) is 0 Å². The van der Waals surface area contributed by atoms with E-state index in [0.29, 0.717) is 12.8 Å². The summed E-state index contributed by atoms with van der Waals surface area (Å²) in [5.74, 6) is -2.58. The molecule has 0 aromatic carbocycles. The first-order chi connectivity index (χ1) is 13.9. The van der Waals surface area contributed by atoms with E-state index in [2.05, 4.69) is 20.6 Å². The van der Waals surface area contributed by atoms with Crippen LogP contribution in [0.25, 0.3) is 0 Å². The molecule has 0 saturated heterocycles. The molecular formula is C20H29F3N4O3. The van der Waals surface area contributed by atoms with Crippen LogP contribution in [-0.2, 0) is 4.79 Å². The van der Waals surface area contributed by atoms with Crippen LogP contribution in [-0.4, -0.2) is 51.3 Å². The first kappa shape index (κ1) is 24.0. The molecule has 1 amide bonds. The Balaban J connectivity index is 2.39. The molecule has 1 aliphatic carbocycles. The molecule has 3 N–H and O–H groups in total. The normalized spacial score (nSPS) is 19.0. The molecule has 7 nitrogen and oxygen atoms in total. The van der Waals surface area contributed by atoms with E-state index in [1.165, 1.54) is 18.6 Å². The molecule has 1 aromatic rings. The Morgan fingerprint density at radius 3 is 2.23 bits per heavy atom. The molecule has 3 atom stereocenters. The van der Waals surface area contributed by atoms with E-state index in [-0.39, 0.29) is 5.69 Å². The number of halogens is 3. The molecule has 1 aliphatic rings. The van der Waals surface area contributed by atoms with Crippen molar-refractivity contribution in [2.24, 2.45) is 11.3 Å². The van der Waals surface area contributed by atoms with Crippen molar-refractivity contribution in [2.75, 3.05) is 0 Å². The molecule has 10 heteroatoms. The number of aliphatic carboxylic acids is 1. The minimum absolute atomic E-state index is 0.0927. The zero-order valence-corrected chi connectivity index (χ0v) is 17.4. The fraction of sp³-hybridized carbons (Fsp3) is 0.700. The maximum absolute atomic E-state index is 14.2. The number of carbonyl (C=O) groups is 2. The molecule has 3 unspecified atom stereocenters. The summed E-state index contributed by atoms with van der Waals surface area (Å²) < 4.78 is 42.5. The standard InChI is InChI=1S/C20H29F3N4O3/c1-19(2,3)16(18(29)30)27-15(20(21,22)23)14(12-7-5-4-6-8-12)26-17(28)13-11-24-9-10-25-13/h9-12,14-16,27H,4-8H2,1-3H3,(H,26,28)(H,29,30). The minimum Gasteiger partial charge on any atom is -0.480 e. The van der Waals surface area contributed by atoms with Gasteiger partial charge in [-0.3, -0.25) is 19.9 Å². The van der Waals surface area contributed by atoms with Gasteiger partial charge >= 0.3 is 12.1 Å². The van der Waals surface area contributed by atoms with Crippen LogP contribution in [0.5, 0.6) is 0 Å². The highest BCUT2D eigenvalue weighted by Gasteiger charge is 2.50. The lowest BCUT2D eigenvalue weighted by Crippen LogP contribution is -2.65. The van der Waals surface area contributed by atoms with Crippen LogP contribution in [0, 0.1) is 11.3 Å². The number of nitrogens with one attached hydrogen (secondary N) is 2. The summed E-state index contributed by atoms with van der Waals surface area (Å²) >= 11 is 0. The second-order valence-electron chi connectivity index (χ2n) is 8.81. The highest BCUT2D eigenvalue weighted by molar-refractivity contribution is 5.92. The number of carboxylic acids is 1. The second-order valence-corrected chi connectivity index (χ2v) is 8.81. The van der Waals surface area contributed by atoms with Gasteiger partial charge in [0.05, 0.1) is 12.2 Å². The van der Waals surface area contributed by atoms with E-state index < -0.39 is 47.5 Å². The van der Waals surface area contributed by atoms with Gasteiger partial charge in [-0.05, 0) is 24.2 Å². The fourth-order valence-corrected chi connectivity index (χ4v) is 3.88. The Bertz CT molecular complexity index is 716. The Labute approximate surface area is 173 Å². The van der Waals surface area contributed by atoms with Crippen molar-refractivity contribution < 1.29 is 27.9 Å². The third-order valence-corrected chi connectivity index (χ3v) is 5.42. The Hall–Kier alpha value is -2.23. The first-order valence-electron chi connectivity index (χ1n) is 10.0. The van der Waals surface area contributed by atoms with Gasteiger partial charge in [0.25, 0.3) is 5.91 Å². The lowest BCUT2D eigenvalue weighted by molar-refractivity contribution is -0.173.